The Morgan fingerprint density at radius 1 is 1.07 bits per heavy atom. The lowest BCUT2D eigenvalue weighted by Gasteiger charge is -2.12. The molecule has 1 aromatic heterocycles. The molecule has 2 aromatic carbocycles. The molecular weight excluding hydrogens is 344 g/mol. The van der Waals surface area contributed by atoms with Gasteiger partial charge in [-0.2, -0.15) is 9.97 Å². The van der Waals surface area contributed by atoms with E-state index < -0.39 is 4.92 Å². The van der Waals surface area contributed by atoms with E-state index in [0.29, 0.717) is 12.2 Å². The van der Waals surface area contributed by atoms with Crippen LogP contribution in [0.5, 0.6) is 0 Å². The second-order valence-electron chi connectivity index (χ2n) is 6.15. The van der Waals surface area contributed by atoms with Crippen molar-refractivity contribution in [3.05, 3.63) is 75.3 Å². The SMILES string of the molecule is Cc1ccc(Nc2nc(NCc3ccccc3)nc(N)c2[N+](=O)[O-])cc1C. The van der Waals surface area contributed by atoms with E-state index in [1.807, 2.05) is 62.4 Å². The minimum Gasteiger partial charge on any atom is -0.378 e. The van der Waals surface area contributed by atoms with Gasteiger partial charge in [-0.15, -0.1) is 0 Å². The quantitative estimate of drug-likeness (QED) is 0.447. The van der Waals surface area contributed by atoms with Crippen molar-refractivity contribution in [3.63, 3.8) is 0 Å². The number of rotatable bonds is 6. The van der Waals surface area contributed by atoms with Gasteiger partial charge in [-0.25, -0.2) is 0 Å². The average Bonchev–Trinajstić information content (AvgIpc) is 2.63. The van der Waals surface area contributed by atoms with Crippen LogP contribution in [0.15, 0.2) is 48.5 Å². The summed E-state index contributed by atoms with van der Waals surface area (Å²) in [6.07, 6.45) is 0. The lowest BCUT2D eigenvalue weighted by molar-refractivity contribution is -0.383. The molecule has 1 heterocycles. The predicted octanol–water partition coefficient (Wildman–Crippen LogP) is 3.94. The summed E-state index contributed by atoms with van der Waals surface area (Å²) in [5, 5.41) is 17.5. The predicted molar refractivity (Wildman–Crippen MR) is 106 cm³/mol. The molecule has 8 nitrogen and oxygen atoms in total. The van der Waals surface area contributed by atoms with Gasteiger partial charge in [-0.3, -0.25) is 10.1 Å². The maximum atomic E-state index is 11.4. The van der Waals surface area contributed by atoms with E-state index in [4.69, 9.17) is 5.73 Å². The van der Waals surface area contributed by atoms with Gasteiger partial charge >= 0.3 is 5.69 Å². The zero-order valence-electron chi connectivity index (χ0n) is 15.1. The van der Waals surface area contributed by atoms with Crippen molar-refractivity contribution in [2.24, 2.45) is 0 Å². The highest BCUT2D eigenvalue weighted by Crippen LogP contribution is 2.31. The van der Waals surface area contributed by atoms with Crippen LogP contribution in [0.2, 0.25) is 0 Å². The molecule has 0 aliphatic carbocycles. The number of benzene rings is 2. The number of hydrogen-bond donors (Lipinski definition) is 3. The summed E-state index contributed by atoms with van der Waals surface area (Å²) in [6, 6.07) is 15.4. The number of nitrogen functional groups attached to an aromatic ring is 1. The molecule has 4 N–H and O–H groups in total. The Kier molecular flexibility index (Phi) is 5.16. The molecule has 0 radical (unpaired) electrons. The van der Waals surface area contributed by atoms with Gasteiger partial charge in [0, 0.05) is 12.2 Å². The maximum Gasteiger partial charge on any atom is 0.353 e. The van der Waals surface area contributed by atoms with Crippen LogP contribution in [-0.2, 0) is 6.54 Å². The first kappa shape index (κ1) is 18.1. The van der Waals surface area contributed by atoms with Crippen LogP contribution in [0, 0.1) is 24.0 Å². The van der Waals surface area contributed by atoms with Gasteiger partial charge < -0.3 is 16.4 Å². The Labute approximate surface area is 156 Å². The molecule has 0 bridgehead atoms. The van der Waals surface area contributed by atoms with Gasteiger partial charge in [0.25, 0.3) is 0 Å². The fraction of sp³-hybridized carbons (Fsp3) is 0.158. The third-order valence-corrected chi connectivity index (χ3v) is 4.16. The molecule has 0 aliphatic heterocycles. The Morgan fingerprint density at radius 3 is 2.48 bits per heavy atom. The molecule has 0 unspecified atom stereocenters. The first-order valence-electron chi connectivity index (χ1n) is 8.38. The van der Waals surface area contributed by atoms with Crippen molar-refractivity contribution in [3.8, 4) is 0 Å². The molecule has 0 fully saturated rings. The van der Waals surface area contributed by atoms with Crippen LogP contribution < -0.4 is 16.4 Å². The Bertz CT molecular complexity index is 975. The lowest BCUT2D eigenvalue weighted by atomic mass is 10.1. The third-order valence-electron chi connectivity index (χ3n) is 4.16. The van der Waals surface area contributed by atoms with Crippen molar-refractivity contribution in [1.82, 2.24) is 9.97 Å². The summed E-state index contributed by atoms with van der Waals surface area (Å²) in [4.78, 5) is 19.1. The number of hydrogen-bond acceptors (Lipinski definition) is 7. The van der Waals surface area contributed by atoms with E-state index in [-0.39, 0.29) is 23.3 Å². The van der Waals surface area contributed by atoms with Crippen LogP contribution in [0.25, 0.3) is 0 Å². The van der Waals surface area contributed by atoms with Gasteiger partial charge in [-0.1, -0.05) is 36.4 Å². The minimum absolute atomic E-state index is 0.0475. The molecule has 27 heavy (non-hydrogen) atoms. The number of aryl methyl sites for hydroxylation is 2. The molecule has 0 atom stereocenters. The van der Waals surface area contributed by atoms with Crippen molar-refractivity contribution >= 4 is 29.0 Å². The maximum absolute atomic E-state index is 11.4. The van der Waals surface area contributed by atoms with E-state index in [2.05, 4.69) is 20.6 Å². The number of nitro groups is 1. The second kappa shape index (κ2) is 7.69. The van der Waals surface area contributed by atoms with Gasteiger partial charge in [0.15, 0.2) is 0 Å². The Morgan fingerprint density at radius 2 is 1.81 bits per heavy atom. The van der Waals surface area contributed by atoms with Crippen molar-refractivity contribution in [2.75, 3.05) is 16.4 Å². The van der Waals surface area contributed by atoms with Gasteiger partial charge in [-0.05, 0) is 42.7 Å². The van der Waals surface area contributed by atoms with Crippen LogP contribution in [0.1, 0.15) is 16.7 Å². The third kappa shape index (κ3) is 4.30. The van der Waals surface area contributed by atoms with Crippen LogP contribution in [-0.4, -0.2) is 14.9 Å². The Hall–Kier alpha value is -3.68. The monoisotopic (exact) mass is 364 g/mol. The molecule has 138 valence electrons. The van der Waals surface area contributed by atoms with E-state index in [1.54, 1.807) is 0 Å². The number of nitrogens with one attached hydrogen (secondary N) is 2. The van der Waals surface area contributed by atoms with Gasteiger partial charge in [0.2, 0.25) is 17.6 Å². The standard InChI is InChI=1S/C19H20N6O2/c1-12-8-9-15(10-13(12)2)22-18-16(25(26)27)17(20)23-19(24-18)21-11-14-6-4-3-5-7-14/h3-10H,11H2,1-2H3,(H4,20,21,22,23,24). The van der Waals surface area contributed by atoms with Crippen LogP contribution in [0.3, 0.4) is 0 Å². The van der Waals surface area contributed by atoms with Crippen LogP contribution >= 0.6 is 0 Å². The first-order valence-corrected chi connectivity index (χ1v) is 8.38. The molecule has 0 amide bonds. The number of aromatic nitrogens is 2. The highest BCUT2D eigenvalue weighted by molar-refractivity contribution is 5.74. The summed E-state index contributed by atoms with van der Waals surface area (Å²) in [5.41, 5.74) is 9.39. The highest BCUT2D eigenvalue weighted by Gasteiger charge is 2.23. The topological polar surface area (TPSA) is 119 Å². The number of nitrogens with two attached hydrogens (primary N) is 1. The fourth-order valence-electron chi connectivity index (χ4n) is 2.55. The molecular formula is C19H20N6O2. The first-order chi connectivity index (χ1) is 12.9. The highest BCUT2D eigenvalue weighted by atomic mass is 16.6. The molecule has 0 saturated heterocycles. The zero-order chi connectivity index (χ0) is 19.4. The smallest absolute Gasteiger partial charge is 0.353 e. The fourth-order valence-corrected chi connectivity index (χ4v) is 2.55. The normalized spacial score (nSPS) is 10.4. The van der Waals surface area contributed by atoms with E-state index in [1.165, 1.54) is 0 Å². The molecule has 0 aliphatic rings. The largest absolute Gasteiger partial charge is 0.378 e. The number of nitrogens with zero attached hydrogens (tertiary/aromatic N) is 3. The van der Waals surface area contributed by atoms with E-state index in [9.17, 15) is 10.1 Å². The van der Waals surface area contributed by atoms with E-state index in [0.717, 1.165) is 16.7 Å². The second-order valence-corrected chi connectivity index (χ2v) is 6.15. The summed E-state index contributed by atoms with van der Waals surface area (Å²) in [5.74, 6) is 0.0662. The molecule has 3 aromatic rings. The number of anilines is 4. The summed E-state index contributed by atoms with van der Waals surface area (Å²) < 4.78 is 0. The van der Waals surface area contributed by atoms with Crippen LogP contribution in [0.4, 0.5) is 29.0 Å². The van der Waals surface area contributed by atoms with Gasteiger partial charge in [0.05, 0.1) is 4.92 Å². The minimum atomic E-state index is -0.584. The molecule has 0 saturated carbocycles. The summed E-state index contributed by atoms with van der Waals surface area (Å²) in [6.45, 7) is 4.44. The Balaban J connectivity index is 1.91. The van der Waals surface area contributed by atoms with Gasteiger partial charge in [0.1, 0.15) is 0 Å². The van der Waals surface area contributed by atoms with E-state index >= 15 is 0 Å². The summed E-state index contributed by atoms with van der Waals surface area (Å²) >= 11 is 0. The van der Waals surface area contributed by atoms with Crippen molar-refractivity contribution in [1.29, 1.82) is 0 Å². The summed E-state index contributed by atoms with van der Waals surface area (Å²) in [7, 11) is 0. The van der Waals surface area contributed by atoms with Crippen molar-refractivity contribution < 1.29 is 4.92 Å². The lowest BCUT2D eigenvalue weighted by Crippen LogP contribution is -2.10. The zero-order valence-corrected chi connectivity index (χ0v) is 15.1. The molecule has 0 spiro atoms. The van der Waals surface area contributed by atoms with Crippen molar-refractivity contribution in [2.45, 2.75) is 20.4 Å². The molecule has 3 rings (SSSR count). The molecule has 8 heteroatoms. The average molecular weight is 364 g/mol.